The number of allylic oxidation sites excluding steroid dienone is 2. The molecule has 0 radical (unpaired) electrons. The minimum absolute atomic E-state index is 0.928. The lowest BCUT2D eigenvalue weighted by Crippen LogP contribution is -2.59. The van der Waals surface area contributed by atoms with Crippen LogP contribution in [-0.2, 0) is 4.43 Å². The molecule has 0 aliphatic carbocycles. The molecule has 0 fully saturated rings. The van der Waals surface area contributed by atoms with Crippen LogP contribution in [0.25, 0.3) is 0 Å². The van der Waals surface area contributed by atoms with Crippen LogP contribution in [0.2, 0.25) is 0 Å². The van der Waals surface area contributed by atoms with Crippen molar-refractivity contribution in [2.24, 2.45) is 0 Å². The first-order valence-electron chi connectivity index (χ1n) is 8.74. The molecule has 0 saturated heterocycles. The molecule has 0 N–H and O–H groups in total. The van der Waals surface area contributed by atoms with Gasteiger partial charge in [0, 0.05) is 7.11 Å². The first kappa shape index (κ1) is 18.4. The summed E-state index contributed by atoms with van der Waals surface area (Å²) in [5.41, 5.74) is 3.88. The SMILES string of the molecule is C=CC/C(=C\[Si](OC)(c1ccccc1)c1ccccc1)CCCC. The number of benzene rings is 2. The van der Waals surface area contributed by atoms with E-state index in [2.05, 4.69) is 79.9 Å². The van der Waals surface area contributed by atoms with Gasteiger partial charge in [0.15, 0.2) is 0 Å². The monoisotopic (exact) mass is 336 g/mol. The van der Waals surface area contributed by atoms with Crippen molar-refractivity contribution >= 4 is 18.7 Å². The molecule has 2 heteroatoms. The summed E-state index contributed by atoms with van der Waals surface area (Å²) in [4.78, 5) is 0. The molecular formula is C22H28OSi. The van der Waals surface area contributed by atoms with Gasteiger partial charge in [-0.05, 0) is 29.6 Å². The van der Waals surface area contributed by atoms with Gasteiger partial charge in [0.1, 0.15) is 0 Å². The van der Waals surface area contributed by atoms with E-state index in [1.54, 1.807) is 0 Å². The number of unbranched alkanes of at least 4 members (excludes halogenated alkanes) is 1. The Morgan fingerprint density at radius 1 is 1.00 bits per heavy atom. The van der Waals surface area contributed by atoms with Gasteiger partial charge in [0.2, 0.25) is 0 Å². The van der Waals surface area contributed by atoms with Crippen molar-refractivity contribution in [1.82, 2.24) is 0 Å². The summed E-state index contributed by atoms with van der Waals surface area (Å²) in [5.74, 6) is 0. The highest BCUT2D eigenvalue weighted by Crippen LogP contribution is 2.18. The van der Waals surface area contributed by atoms with E-state index >= 15 is 0 Å². The van der Waals surface area contributed by atoms with Gasteiger partial charge >= 0.3 is 0 Å². The maximum absolute atomic E-state index is 6.30. The van der Waals surface area contributed by atoms with Crippen molar-refractivity contribution in [3.63, 3.8) is 0 Å². The lowest BCUT2D eigenvalue weighted by atomic mass is 10.1. The molecular weight excluding hydrogens is 308 g/mol. The second-order valence-electron chi connectivity index (χ2n) is 6.07. The quantitative estimate of drug-likeness (QED) is 0.479. The van der Waals surface area contributed by atoms with E-state index < -0.39 is 8.32 Å². The van der Waals surface area contributed by atoms with Gasteiger partial charge in [-0.1, -0.05) is 91.4 Å². The van der Waals surface area contributed by atoms with Crippen LogP contribution in [-0.4, -0.2) is 15.4 Å². The molecule has 0 spiro atoms. The summed E-state index contributed by atoms with van der Waals surface area (Å²) in [6.45, 7) is 6.18. The van der Waals surface area contributed by atoms with Crippen LogP contribution in [0.4, 0.5) is 0 Å². The third-order valence-electron chi connectivity index (χ3n) is 4.39. The Balaban J connectivity index is 2.59. The predicted molar refractivity (Wildman–Crippen MR) is 107 cm³/mol. The first-order valence-corrected chi connectivity index (χ1v) is 10.7. The molecule has 0 aromatic heterocycles. The molecule has 2 aromatic rings. The molecule has 0 unspecified atom stereocenters. The maximum Gasteiger partial charge on any atom is 0.280 e. The number of rotatable bonds is 9. The molecule has 24 heavy (non-hydrogen) atoms. The van der Waals surface area contributed by atoms with Gasteiger partial charge in [-0.15, -0.1) is 6.58 Å². The lowest BCUT2D eigenvalue weighted by Gasteiger charge is -2.29. The highest BCUT2D eigenvalue weighted by atomic mass is 28.4. The molecule has 0 bridgehead atoms. The maximum atomic E-state index is 6.30. The van der Waals surface area contributed by atoms with Crippen molar-refractivity contribution in [2.75, 3.05) is 7.11 Å². The summed E-state index contributed by atoms with van der Waals surface area (Å²) in [5, 5.41) is 2.58. The molecule has 0 atom stereocenters. The molecule has 126 valence electrons. The number of hydrogen-bond donors (Lipinski definition) is 0. The highest BCUT2D eigenvalue weighted by molar-refractivity contribution is 7.01. The first-order chi connectivity index (χ1) is 11.8. The minimum Gasteiger partial charge on any atom is -0.408 e. The zero-order chi connectivity index (χ0) is 17.3. The molecule has 0 aliphatic rings. The summed E-state index contributed by atoms with van der Waals surface area (Å²) in [6.07, 6.45) is 6.45. The van der Waals surface area contributed by atoms with Gasteiger partial charge in [-0.25, -0.2) is 0 Å². The third-order valence-corrected chi connectivity index (χ3v) is 8.23. The van der Waals surface area contributed by atoms with E-state index in [4.69, 9.17) is 4.43 Å². The van der Waals surface area contributed by atoms with Crippen LogP contribution in [0.1, 0.15) is 32.6 Å². The van der Waals surface area contributed by atoms with Crippen LogP contribution in [0.5, 0.6) is 0 Å². The van der Waals surface area contributed by atoms with Crippen molar-refractivity contribution in [3.8, 4) is 0 Å². The normalized spacial score (nSPS) is 12.2. The van der Waals surface area contributed by atoms with E-state index in [9.17, 15) is 0 Å². The van der Waals surface area contributed by atoms with Gasteiger partial charge < -0.3 is 4.43 Å². The van der Waals surface area contributed by atoms with Crippen LogP contribution in [0.15, 0.2) is 84.6 Å². The fraction of sp³-hybridized carbons (Fsp3) is 0.273. The fourth-order valence-corrected chi connectivity index (χ4v) is 6.58. The summed E-state index contributed by atoms with van der Waals surface area (Å²) in [7, 11) is -0.527. The molecule has 2 rings (SSSR count). The zero-order valence-electron chi connectivity index (χ0n) is 14.9. The van der Waals surface area contributed by atoms with Gasteiger partial charge in [0.05, 0.1) is 0 Å². The summed E-state index contributed by atoms with van der Waals surface area (Å²) >= 11 is 0. The van der Waals surface area contributed by atoms with E-state index in [0.29, 0.717) is 0 Å². The molecule has 1 nitrogen and oxygen atoms in total. The Hall–Kier alpha value is -1.90. The van der Waals surface area contributed by atoms with Gasteiger partial charge in [0.25, 0.3) is 8.32 Å². The standard InChI is InChI=1S/C22H28OSi/c1-4-6-14-20(13-5-2)19-24(23-3,21-15-9-7-10-16-21)22-17-11-8-12-18-22/h5,7-12,15-19H,2,4,6,13-14H2,1,3H3/b20-19+. The second kappa shape index (κ2) is 9.41. The van der Waals surface area contributed by atoms with E-state index in [-0.39, 0.29) is 0 Å². The largest absolute Gasteiger partial charge is 0.408 e. The molecule has 0 amide bonds. The molecule has 0 heterocycles. The van der Waals surface area contributed by atoms with E-state index in [1.165, 1.54) is 28.8 Å². The molecule has 0 aliphatic heterocycles. The average molecular weight is 337 g/mol. The van der Waals surface area contributed by atoms with Gasteiger partial charge in [-0.3, -0.25) is 0 Å². The topological polar surface area (TPSA) is 9.23 Å². The van der Waals surface area contributed by atoms with Crippen LogP contribution in [0.3, 0.4) is 0 Å². The summed E-state index contributed by atoms with van der Waals surface area (Å²) in [6, 6.07) is 21.3. The smallest absolute Gasteiger partial charge is 0.280 e. The molecule has 0 saturated carbocycles. The van der Waals surface area contributed by atoms with Crippen molar-refractivity contribution < 1.29 is 4.43 Å². The van der Waals surface area contributed by atoms with Crippen LogP contribution < -0.4 is 10.4 Å². The van der Waals surface area contributed by atoms with Crippen molar-refractivity contribution in [2.45, 2.75) is 32.6 Å². The van der Waals surface area contributed by atoms with Gasteiger partial charge in [-0.2, -0.15) is 0 Å². The minimum atomic E-state index is -2.38. The Labute approximate surface area is 147 Å². The van der Waals surface area contributed by atoms with Crippen molar-refractivity contribution in [3.05, 3.63) is 84.6 Å². The Morgan fingerprint density at radius 3 is 1.96 bits per heavy atom. The summed E-state index contributed by atoms with van der Waals surface area (Å²) < 4.78 is 6.30. The molecule has 2 aromatic carbocycles. The van der Waals surface area contributed by atoms with E-state index in [1.807, 2.05) is 13.2 Å². The highest BCUT2D eigenvalue weighted by Gasteiger charge is 2.36. The Morgan fingerprint density at radius 2 is 1.54 bits per heavy atom. The van der Waals surface area contributed by atoms with Crippen molar-refractivity contribution in [1.29, 1.82) is 0 Å². The Kier molecular flexibility index (Phi) is 7.23. The predicted octanol–water partition coefficient (Wildman–Crippen LogP) is 4.62. The average Bonchev–Trinajstić information content (AvgIpc) is 2.65. The zero-order valence-corrected chi connectivity index (χ0v) is 15.9. The van der Waals surface area contributed by atoms with Crippen LogP contribution >= 0.6 is 0 Å². The number of hydrogen-bond acceptors (Lipinski definition) is 1. The van der Waals surface area contributed by atoms with E-state index in [0.717, 1.165) is 12.8 Å². The third kappa shape index (κ3) is 4.34. The van der Waals surface area contributed by atoms with Crippen LogP contribution in [0, 0.1) is 0 Å². The lowest BCUT2D eigenvalue weighted by molar-refractivity contribution is 0.425. The fourth-order valence-electron chi connectivity index (χ4n) is 3.11. The second-order valence-corrected chi connectivity index (χ2v) is 9.39. The Bertz CT molecular complexity index is 607.